The van der Waals surface area contributed by atoms with Gasteiger partial charge in [0.2, 0.25) is 0 Å². The van der Waals surface area contributed by atoms with Gasteiger partial charge < -0.3 is 0 Å². The first kappa shape index (κ1) is 6.87. The van der Waals surface area contributed by atoms with E-state index >= 15 is 0 Å². The molecule has 0 saturated heterocycles. The molecule has 51 valence electrons. The first-order chi connectivity index (χ1) is 4.84. The third-order valence-corrected chi connectivity index (χ3v) is 1.27. The Morgan fingerprint density at radius 2 is 2.00 bits per heavy atom. The second kappa shape index (κ2) is 3.06. The first-order valence-corrected chi connectivity index (χ1v) is 3.23. The molecule has 0 amide bonds. The molecule has 0 N–H and O–H groups in total. The Kier molecular flexibility index (Phi) is 2.11. The molecule has 0 bridgehead atoms. The van der Waals surface area contributed by atoms with Gasteiger partial charge in [-0.05, 0) is 13.0 Å². The van der Waals surface area contributed by atoms with Gasteiger partial charge in [0.1, 0.15) is 0 Å². The molecule has 1 aromatic carbocycles. The normalized spacial score (nSPS) is 10.5. The highest BCUT2D eigenvalue weighted by Crippen LogP contribution is 2.17. The number of rotatable bonds is 1. The van der Waals surface area contributed by atoms with Crippen molar-refractivity contribution in [3.8, 4) is 5.75 Å². The molecule has 0 unspecified atom stereocenters. The topological polar surface area (TPSA) is 19.9 Å². The van der Waals surface area contributed by atoms with Gasteiger partial charge in [-0.1, -0.05) is 30.4 Å². The van der Waals surface area contributed by atoms with E-state index < -0.39 is 0 Å². The van der Waals surface area contributed by atoms with Crippen LogP contribution in [0.4, 0.5) is 0 Å². The molecule has 0 aliphatic carbocycles. The van der Waals surface area contributed by atoms with Crippen molar-refractivity contribution >= 4 is 6.08 Å². The zero-order valence-electron chi connectivity index (χ0n) is 5.87. The van der Waals surface area contributed by atoms with Crippen molar-refractivity contribution in [2.24, 2.45) is 0 Å². The van der Waals surface area contributed by atoms with Crippen molar-refractivity contribution in [1.29, 1.82) is 0 Å². The summed E-state index contributed by atoms with van der Waals surface area (Å²) in [6.45, 7) is 1.90. The summed E-state index contributed by atoms with van der Waals surface area (Å²) in [5.74, 6) is 0.0839. The summed E-state index contributed by atoms with van der Waals surface area (Å²) in [6.07, 6.45) is 3.67. The van der Waals surface area contributed by atoms with Crippen LogP contribution in [0, 0.1) is 0 Å². The molecule has 10 heavy (non-hydrogen) atoms. The SMILES string of the molecule is C/C=C/c1ccccc1[O]. The van der Waals surface area contributed by atoms with Gasteiger partial charge in [0.05, 0.1) is 0 Å². The maximum absolute atomic E-state index is 11.0. The van der Waals surface area contributed by atoms with Crippen LogP contribution in [0.5, 0.6) is 5.75 Å². The highest BCUT2D eigenvalue weighted by molar-refractivity contribution is 5.55. The summed E-state index contributed by atoms with van der Waals surface area (Å²) >= 11 is 0. The number of hydrogen-bond donors (Lipinski definition) is 0. The van der Waals surface area contributed by atoms with Crippen molar-refractivity contribution in [3.63, 3.8) is 0 Å². The van der Waals surface area contributed by atoms with E-state index in [1.165, 1.54) is 0 Å². The minimum Gasteiger partial charge on any atom is -0.289 e. The fraction of sp³-hybridized carbons (Fsp3) is 0.111. The van der Waals surface area contributed by atoms with Crippen molar-refractivity contribution in [1.82, 2.24) is 0 Å². The van der Waals surface area contributed by atoms with Crippen molar-refractivity contribution < 1.29 is 5.11 Å². The lowest BCUT2D eigenvalue weighted by Crippen LogP contribution is -1.69. The fourth-order valence-electron chi connectivity index (χ4n) is 0.798. The third kappa shape index (κ3) is 1.38. The van der Waals surface area contributed by atoms with Crippen LogP contribution in [0.3, 0.4) is 0 Å². The molecule has 1 nitrogen and oxygen atoms in total. The molecule has 0 fully saturated rings. The van der Waals surface area contributed by atoms with E-state index in [1.54, 1.807) is 12.1 Å². The number of hydrogen-bond acceptors (Lipinski definition) is 0. The van der Waals surface area contributed by atoms with Crippen LogP contribution < -0.4 is 0 Å². The summed E-state index contributed by atoms with van der Waals surface area (Å²) in [5, 5.41) is 11.0. The van der Waals surface area contributed by atoms with Gasteiger partial charge in [0, 0.05) is 5.56 Å². The lowest BCUT2D eigenvalue weighted by atomic mass is 10.2. The van der Waals surface area contributed by atoms with Crippen molar-refractivity contribution in [3.05, 3.63) is 35.9 Å². The average Bonchev–Trinajstić information content (AvgIpc) is 1.94. The minimum absolute atomic E-state index is 0.0839. The fourth-order valence-corrected chi connectivity index (χ4v) is 0.798. The van der Waals surface area contributed by atoms with E-state index in [9.17, 15) is 5.11 Å². The van der Waals surface area contributed by atoms with Gasteiger partial charge in [-0.25, -0.2) is 0 Å². The van der Waals surface area contributed by atoms with Gasteiger partial charge >= 0.3 is 0 Å². The van der Waals surface area contributed by atoms with Crippen LogP contribution in [0.2, 0.25) is 0 Å². The Hall–Kier alpha value is -1.24. The zero-order valence-corrected chi connectivity index (χ0v) is 5.87. The van der Waals surface area contributed by atoms with Crippen LogP contribution in [0.15, 0.2) is 30.3 Å². The van der Waals surface area contributed by atoms with Crippen LogP contribution in [0.1, 0.15) is 12.5 Å². The molecular weight excluding hydrogens is 124 g/mol. The smallest absolute Gasteiger partial charge is 0.185 e. The molecule has 1 radical (unpaired) electrons. The molecule has 0 atom stereocenters. The van der Waals surface area contributed by atoms with Crippen LogP contribution >= 0.6 is 0 Å². The average molecular weight is 133 g/mol. The van der Waals surface area contributed by atoms with E-state index in [4.69, 9.17) is 0 Å². The van der Waals surface area contributed by atoms with Crippen LogP contribution in [-0.2, 0) is 5.11 Å². The highest BCUT2D eigenvalue weighted by atomic mass is 16.3. The van der Waals surface area contributed by atoms with E-state index in [-0.39, 0.29) is 5.75 Å². The van der Waals surface area contributed by atoms with E-state index in [0.29, 0.717) is 0 Å². The lowest BCUT2D eigenvalue weighted by Gasteiger charge is -1.91. The van der Waals surface area contributed by atoms with E-state index in [2.05, 4.69) is 0 Å². The Balaban J connectivity index is 3.03. The van der Waals surface area contributed by atoms with Gasteiger partial charge in [-0.3, -0.25) is 5.11 Å². The predicted octanol–water partition coefficient (Wildman–Crippen LogP) is 2.86. The molecule has 1 heteroatoms. The summed E-state index contributed by atoms with van der Waals surface area (Å²) in [6, 6.07) is 6.98. The quantitative estimate of drug-likeness (QED) is 0.561. The van der Waals surface area contributed by atoms with E-state index in [0.717, 1.165) is 5.56 Å². The summed E-state index contributed by atoms with van der Waals surface area (Å²) in [5.41, 5.74) is 0.755. The molecule has 1 aromatic rings. The second-order valence-corrected chi connectivity index (χ2v) is 2.04. The maximum atomic E-state index is 11.0. The molecule has 0 aliphatic rings. The zero-order chi connectivity index (χ0) is 7.40. The predicted molar refractivity (Wildman–Crippen MR) is 41.3 cm³/mol. The Morgan fingerprint density at radius 3 is 2.60 bits per heavy atom. The van der Waals surface area contributed by atoms with Crippen LogP contribution in [0.25, 0.3) is 6.08 Å². The second-order valence-electron chi connectivity index (χ2n) is 2.04. The largest absolute Gasteiger partial charge is 0.289 e. The number of allylic oxidation sites excluding steroid dienone is 1. The van der Waals surface area contributed by atoms with Crippen LogP contribution in [-0.4, -0.2) is 0 Å². The Bertz CT molecular complexity index is 238. The van der Waals surface area contributed by atoms with Gasteiger partial charge in [0.15, 0.2) is 5.75 Å². The molecular formula is C9H9O. The summed E-state index contributed by atoms with van der Waals surface area (Å²) < 4.78 is 0. The molecule has 0 heterocycles. The van der Waals surface area contributed by atoms with Crippen molar-refractivity contribution in [2.45, 2.75) is 6.92 Å². The van der Waals surface area contributed by atoms with Gasteiger partial charge in [0.25, 0.3) is 0 Å². The highest BCUT2D eigenvalue weighted by Gasteiger charge is 1.93. The Morgan fingerprint density at radius 1 is 1.30 bits per heavy atom. The number of para-hydroxylation sites is 1. The molecule has 0 saturated carbocycles. The summed E-state index contributed by atoms with van der Waals surface area (Å²) in [7, 11) is 0. The molecule has 0 aliphatic heterocycles. The molecule has 1 rings (SSSR count). The third-order valence-electron chi connectivity index (χ3n) is 1.27. The van der Waals surface area contributed by atoms with Gasteiger partial charge in [-0.2, -0.15) is 0 Å². The minimum atomic E-state index is 0.0839. The molecule has 0 spiro atoms. The van der Waals surface area contributed by atoms with Gasteiger partial charge in [-0.15, -0.1) is 0 Å². The van der Waals surface area contributed by atoms with Crippen molar-refractivity contribution in [2.75, 3.05) is 0 Å². The first-order valence-electron chi connectivity index (χ1n) is 3.23. The molecule has 0 aromatic heterocycles. The maximum Gasteiger partial charge on any atom is 0.185 e. The number of benzene rings is 1. The Labute approximate surface area is 60.6 Å². The monoisotopic (exact) mass is 133 g/mol. The standard InChI is InChI=1S/C9H9O/c1-2-5-8-6-3-4-7-9(8)10/h2-7H,1H3/b5-2+. The van der Waals surface area contributed by atoms with E-state index in [1.807, 2.05) is 31.2 Å². The summed E-state index contributed by atoms with van der Waals surface area (Å²) in [4.78, 5) is 0. The lowest BCUT2D eigenvalue weighted by molar-refractivity contribution is 0.354.